The SMILES string of the molecule is CSc1nc2[nH]cc(CN(C)C)c2c(=O)[nH]1. The Hall–Kier alpha value is -1.27. The minimum absolute atomic E-state index is 0.0764. The van der Waals surface area contributed by atoms with E-state index < -0.39 is 0 Å². The highest BCUT2D eigenvalue weighted by atomic mass is 32.2. The Labute approximate surface area is 97.3 Å². The van der Waals surface area contributed by atoms with Gasteiger partial charge < -0.3 is 14.9 Å². The molecule has 0 aliphatic heterocycles. The van der Waals surface area contributed by atoms with Gasteiger partial charge in [0, 0.05) is 12.7 Å². The van der Waals surface area contributed by atoms with Crippen molar-refractivity contribution >= 4 is 22.8 Å². The molecular formula is C10H14N4OS. The molecule has 2 rings (SSSR count). The van der Waals surface area contributed by atoms with Crippen LogP contribution in [0.25, 0.3) is 11.0 Å². The largest absolute Gasteiger partial charge is 0.346 e. The number of H-pyrrole nitrogens is 2. The fourth-order valence-electron chi connectivity index (χ4n) is 1.64. The number of fused-ring (bicyclic) bond motifs is 1. The average molecular weight is 238 g/mol. The van der Waals surface area contributed by atoms with E-state index in [1.54, 1.807) is 0 Å². The van der Waals surface area contributed by atoms with Crippen molar-refractivity contribution in [2.75, 3.05) is 20.4 Å². The topological polar surface area (TPSA) is 64.8 Å². The molecule has 0 spiro atoms. The number of nitrogens with zero attached hydrogens (tertiary/aromatic N) is 2. The summed E-state index contributed by atoms with van der Waals surface area (Å²) in [6, 6.07) is 0. The van der Waals surface area contributed by atoms with Crippen molar-refractivity contribution in [3.05, 3.63) is 22.1 Å². The van der Waals surface area contributed by atoms with Gasteiger partial charge in [-0.3, -0.25) is 4.79 Å². The summed E-state index contributed by atoms with van der Waals surface area (Å²) in [5.74, 6) is 0. The Morgan fingerprint density at radius 1 is 1.50 bits per heavy atom. The Morgan fingerprint density at radius 2 is 2.25 bits per heavy atom. The zero-order valence-corrected chi connectivity index (χ0v) is 10.3. The lowest BCUT2D eigenvalue weighted by Gasteiger charge is -2.07. The Bertz CT molecular complexity index is 557. The van der Waals surface area contributed by atoms with Gasteiger partial charge in [-0.15, -0.1) is 0 Å². The molecule has 0 radical (unpaired) electrons. The molecule has 0 amide bonds. The summed E-state index contributed by atoms with van der Waals surface area (Å²) in [6.07, 6.45) is 3.73. The molecule has 0 aromatic carbocycles. The zero-order valence-electron chi connectivity index (χ0n) is 9.50. The van der Waals surface area contributed by atoms with Crippen LogP contribution < -0.4 is 5.56 Å². The lowest BCUT2D eigenvalue weighted by molar-refractivity contribution is 0.404. The molecule has 0 saturated heterocycles. The molecular weight excluding hydrogens is 224 g/mol. The lowest BCUT2D eigenvalue weighted by Crippen LogP contribution is -2.14. The Kier molecular flexibility index (Phi) is 3.02. The predicted octanol–water partition coefficient (Wildman–Crippen LogP) is 1.03. The maximum atomic E-state index is 11.9. The summed E-state index contributed by atoms with van der Waals surface area (Å²) >= 11 is 1.42. The van der Waals surface area contributed by atoms with E-state index in [0.29, 0.717) is 16.2 Å². The third-order valence-electron chi connectivity index (χ3n) is 2.28. The summed E-state index contributed by atoms with van der Waals surface area (Å²) in [4.78, 5) is 24.0. The van der Waals surface area contributed by atoms with Gasteiger partial charge in [-0.25, -0.2) is 4.98 Å². The van der Waals surface area contributed by atoms with Crippen LogP contribution in [-0.4, -0.2) is 40.2 Å². The fourth-order valence-corrected chi connectivity index (χ4v) is 2.02. The number of hydrogen-bond acceptors (Lipinski definition) is 4. The molecule has 2 aromatic rings. The van der Waals surface area contributed by atoms with Gasteiger partial charge in [-0.2, -0.15) is 0 Å². The number of nitrogens with one attached hydrogen (secondary N) is 2. The first kappa shape index (κ1) is 11.2. The normalized spacial score (nSPS) is 11.5. The minimum atomic E-state index is -0.0764. The first-order valence-corrected chi connectivity index (χ1v) is 6.13. The predicted molar refractivity (Wildman–Crippen MR) is 65.9 cm³/mol. The molecule has 2 N–H and O–H groups in total. The van der Waals surface area contributed by atoms with Crippen LogP contribution in [0.3, 0.4) is 0 Å². The van der Waals surface area contributed by atoms with Crippen LogP contribution in [-0.2, 0) is 6.54 Å². The molecule has 0 fully saturated rings. The van der Waals surface area contributed by atoms with E-state index in [9.17, 15) is 4.79 Å². The number of rotatable bonds is 3. The van der Waals surface area contributed by atoms with E-state index in [2.05, 4.69) is 15.0 Å². The third kappa shape index (κ3) is 1.98. The molecule has 5 nitrogen and oxygen atoms in total. The highest BCUT2D eigenvalue weighted by molar-refractivity contribution is 7.98. The molecule has 2 aromatic heterocycles. The van der Waals surface area contributed by atoms with Crippen molar-refractivity contribution in [2.45, 2.75) is 11.7 Å². The second-order valence-electron chi connectivity index (χ2n) is 3.85. The van der Waals surface area contributed by atoms with E-state index in [1.165, 1.54) is 11.8 Å². The maximum absolute atomic E-state index is 11.9. The molecule has 0 aliphatic rings. The molecule has 0 bridgehead atoms. The van der Waals surface area contributed by atoms with E-state index in [0.717, 1.165) is 12.1 Å². The molecule has 0 aliphatic carbocycles. The van der Waals surface area contributed by atoms with E-state index in [-0.39, 0.29) is 5.56 Å². The minimum Gasteiger partial charge on any atom is -0.346 e. The summed E-state index contributed by atoms with van der Waals surface area (Å²) in [6.45, 7) is 0.726. The van der Waals surface area contributed by atoms with Crippen molar-refractivity contribution in [2.24, 2.45) is 0 Å². The monoisotopic (exact) mass is 238 g/mol. The molecule has 2 heterocycles. The van der Waals surface area contributed by atoms with Crippen LogP contribution in [0, 0.1) is 0 Å². The van der Waals surface area contributed by atoms with Crippen LogP contribution in [0.5, 0.6) is 0 Å². The average Bonchev–Trinajstić information content (AvgIpc) is 2.60. The molecule has 86 valence electrons. The first-order valence-electron chi connectivity index (χ1n) is 4.91. The van der Waals surface area contributed by atoms with Gasteiger partial charge in [-0.1, -0.05) is 11.8 Å². The van der Waals surface area contributed by atoms with Crippen molar-refractivity contribution in [3.63, 3.8) is 0 Å². The lowest BCUT2D eigenvalue weighted by atomic mass is 10.2. The zero-order chi connectivity index (χ0) is 11.7. The van der Waals surface area contributed by atoms with Gasteiger partial charge in [0.1, 0.15) is 5.65 Å². The molecule has 16 heavy (non-hydrogen) atoms. The maximum Gasteiger partial charge on any atom is 0.261 e. The van der Waals surface area contributed by atoms with Crippen LogP contribution >= 0.6 is 11.8 Å². The Balaban J connectivity index is 2.59. The standard InChI is InChI=1S/C10H14N4OS/c1-14(2)5-6-4-11-8-7(6)9(15)13-10(12-8)16-3/h4H,5H2,1-3H3,(H2,11,12,13,15). The van der Waals surface area contributed by atoms with E-state index in [4.69, 9.17) is 0 Å². The van der Waals surface area contributed by atoms with Gasteiger partial charge in [0.2, 0.25) is 0 Å². The van der Waals surface area contributed by atoms with Crippen molar-refractivity contribution in [1.29, 1.82) is 0 Å². The summed E-state index contributed by atoms with van der Waals surface area (Å²) < 4.78 is 0. The molecule has 0 unspecified atom stereocenters. The summed E-state index contributed by atoms with van der Waals surface area (Å²) in [5, 5.41) is 1.29. The highest BCUT2D eigenvalue weighted by Gasteiger charge is 2.10. The Morgan fingerprint density at radius 3 is 2.88 bits per heavy atom. The molecule has 6 heteroatoms. The number of aromatic nitrogens is 3. The van der Waals surface area contributed by atoms with Crippen molar-refractivity contribution in [1.82, 2.24) is 19.9 Å². The summed E-state index contributed by atoms with van der Waals surface area (Å²) in [7, 11) is 3.94. The number of hydrogen-bond donors (Lipinski definition) is 2. The van der Waals surface area contributed by atoms with Gasteiger partial charge in [0.15, 0.2) is 5.16 Å². The van der Waals surface area contributed by atoms with Gasteiger partial charge in [-0.05, 0) is 25.9 Å². The van der Waals surface area contributed by atoms with Gasteiger partial charge in [0.05, 0.1) is 5.39 Å². The molecule has 0 saturated carbocycles. The van der Waals surface area contributed by atoms with Gasteiger partial charge >= 0.3 is 0 Å². The van der Waals surface area contributed by atoms with Crippen molar-refractivity contribution in [3.8, 4) is 0 Å². The van der Waals surface area contributed by atoms with Crippen LogP contribution in [0.1, 0.15) is 5.56 Å². The second kappa shape index (κ2) is 4.31. The van der Waals surface area contributed by atoms with Crippen LogP contribution in [0.4, 0.5) is 0 Å². The van der Waals surface area contributed by atoms with E-state index in [1.807, 2.05) is 31.4 Å². The number of aromatic amines is 2. The smallest absolute Gasteiger partial charge is 0.261 e. The van der Waals surface area contributed by atoms with Gasteiger partial charge in [0.25, 0.3) is 5.56 Å². The highest BCUT2D eigenvalue weighted by Crippen LogP contribution is 2.15. The quantitative estimate of drug-likeness (QED) is 0.619. The number of thioether (sulfide) groups is 1. The fraction of sp³-hybridized carbons (Fsp3) is 0.400. The van der Waals surface area contributed by atoms with Crippen LogP contribution in [0.15, 0.2) is 16.1 Å². The van der Waals surface area contributed by atoms with E-state index >= 15 is 0 Å². The third-order valence-corrected chi connectivity index (χ3v) is 2.86. The summed E-state index contributed by atoms with van der Waals surface area (Å²) in [5.41, 5.74) is 1.55. The first-order chi connectivity index (χ1) is 7.61. The van der Waals surface area contributed by atoms with Crippen LogP contribution in [0.2, 0.25) is 0 Å². The molecule has 0 atom stereocenters. The second-order valence-corrected chi connectivity index (χ2v) is 4.65. The van der Waals surface area contributed by atoms with Crippen molar-refractivity contribution < 1.29 is 0 Å².